The number of carbonyl (C=O) groups excluding carboxylic acids is 2. The van der Waals surface area contributed by atoms with Crippen molar-refractivity contribution in [1.29, 1.82) is 0 Å². The van der Waals surface area contributed by atoms with Gasteiger partial charge in [0.05, 0.1) is 33.8 Å². The molecule has 0 aliphatic carbocycles. The summed E-state index contributed by atoms with van der Waals surface area (Å²) in [4.78, 5) is 40.3. The summed E-state index contributed by atoms with van der Waals surface area (Å²) in [5, 5.41) is 3.06. The molecule has 1 N–H and O–H groups in total. The Bertz CT molecular complexity index is 1610. The van der Waals surface area contributed by atoms with Crippen molar-refractivity contribution >= 4 is 19.7 Å². The normalized spacial score (nSPS) is 13.6. The molecule has 0 aliphatic heterocycles. The first-order valence-electron chi connectivity index (χ1n) is 39.3. The molecule has 0 radical (unpaired) electrons. The molecule has 0 aromatic carbocycles. The van der Waals surface area contributed by atoms with Crippen LogP contribution in [0.3, 0.4) is 0 Å². The van der Waals surface area contributed by atoms with E-state index < -0.39 is 20.0 Å². The maximum Gasteiger partial charge on any atom is 0.306 e. The highest BCUT2D eigenvalue weighted by molar-refractivity contribution is 7.45. The first-order chi connectivity index (χ1) is 43.4. The molecule has 0 aliphatic rings. The van der Waals surface area contributed by atoms with Crippen molar-refractivity contribution in [3.8, 4) is 0 Å². The third kappa shape index (κ3) is 70.4. The molecule has 0 bridgehead atoms. The second-order valence-corrected chi connectivity index (χ2v) is 29.6. The van der Waals surface area contributed by atoms with E-state index in [1.807, 2.05) is 33.3 Å². The van der Waals surface area contributed by atoms with Gasteiger partial charge in [-0.05, 0) is 63.9 Å². The van der Waals surface area contributed by atoms with Crippen LogP contribution in [0.2, 0.25) is 0 Å². The van der Waals surface area contributed by atoms with Gasteiger partial charge in [0.15, 0.2) is 0 Å². The monoisotopic (exact) mass is 1270 g/mol. The summed E-state index contributed by atoms with van der Waals surface area (Å²) in [7, 11) is 1.21. The number of nitrogens with zero attached hydrogens (tertiary/aromatic N) is 1. The zero-order valence-corrected chi connectivity index (χ0v) is 61.3. The minimum Gasteiger partial charge on any atom is -0.756 e. The van der Waals surface area contributed by atoms with Crippen molar-refractivity contribution in [2.45, 2.75) is 418 Å². The number of allylic oxidation sites excluding steroid dienone is 5. The Balaban J connectivity index is 4.95. The van der Waals surface area contributed by atoms with Gasteiger partial charge in [0, 0.05) is 12.8 Å². The van der Waals surface area contributed by atoms with Gasteiger partial charge >= 0.3 is 5.97 Å². The highest BCUT2D eigenvalue weighted by Crippen LogP contribution is 2.38. The van der Waals surface area contributed by atoms with Crippen molar-refractivity contribution in [3.05, 3.63) is 36.5 Å². The molecule has 526 valence electrons. The Kier molecular flexibility index (Phi) is 67.7. The number of quaternary nitrogens is 1. The predicted octanol–water partition coefficient (Wildman–Crippen LogP) is 24.7. The van der Waals surface area contributed by atoms with Crippen molar-refractivity contribution in [3.63, 3.8) is 0 Å². The van der Waals surface area contributed by atoms with Gasteiger partial charge in [-0.1, -0.05) is 366 Å². The minimum atomic E-state index is -4.70. The molecule has 0 aromatic rings. The summed E-state index contributed by atoms with van der Waals surface area (Å²) in [5.41, 5.74) is 0. The number of phosphoric acid groups is 1. The highest BCUT2D eigenvalue weighted by atomic mass is 31.2. The zero-order chi connectivity index (χ0) is 64.9. The van der Waals surface area contributed by atoms with Crippen LogP contribution in [0.4, 0.5) is 0 Å². The standard InChI is InChI=1S/C79H153N2O7P/c1-7-10-13-16-19-22-25-28-30-32-34-36-38-40-42-44-46-48-50-53-56-59-62-65-68-71-78(82)80-76(75-87-89(84,85)86-74-73-81(4,5)6)77(70-67-64-61-58-55-52-27-24-21-18-15-12-9-3)88-79(83)72-69-66-63-60-57-54-51-49-47-45-43-41-39-37-35-33-31-29-26-23-20-17-14-11-8-2/h20,23,29,31,67,70,76-77H,7-19,21-22,24-28,30,32-66,68-69,71-75H2,1-6H3,(H-,80,82,84,85)/b23-20-,31-29-,70-67+. The lowest BCUT2D eigenvalue weighted by molar-refractivity contribution is -0.870. The molecule has 9 nitrogen and oxygen atoms in total. The zero-order valence-electron chi connectivity index (χ0n) is 60.4. The Morgan fingerprint density at radius 2 is 0.685 bits per heavy atom. The average molecular weight is 1270 g/mol. The molecule has 3 atom stereocenters. The number of hydrogen-bond acceptors (Lipinski definition) is 7. The van der Waals surface area contributed by atoms with Crippen LogP contribution in [0.25, 0.3) is 0 Å². The third-order valence-electron chi connectivity index (χ3n) is 18.1. The second-order valence-electron chi connectivity index (χ2n) is 28.2. The van der Waals surface area contributed by atoms with Crippen molar-refractivity contribution < 1.29 is 37.3 Å². The van der Waals surface area contributed by atoms with Gasteiger partial charge in [-0.2, -0.15) is 0 Å². The van der Waals surface area contributed by atoms with E-state index in [9.17, 15) is 19.0 Å². The molecule has 3 unspecified atom stereocenters. The SMILES string of the molecule is CCCCC/C=C\C/C=C\CCCCCCCCCCCCCCCCCC(=O)OC(/C=C/CCCCCCCCCCCCC)C(COP(=O)([O-])OCC[N+](C)(C)C)NC(=O)CCCCCCCCCCCCCCCCCCCCCCCCCCC. The van der Waals surface area contributed by atoms with Crippen molar-refractivity contribution in [2.24, 2.45) is 0 Å². The topological polar surface area (TPSA) is 114 Å². The van der Waals surface area contributed by atoms with Crippen LogP contribution < -0.4 is 10.2 Å². The first-order valence-corrected chi connectivity index (χ1v) is 40.8. The van der Waals surface area contributed by atoms with Gasteiger partial charge in [-0.3, -0.25) is 14.2 Å². The molecule has 0 spiro atoms. The van der Waals surface area contributed by atoms with Crippen LogP contribution in [-0.4, -0.2) is 69.4 Å². The fraction of sp³-hybridized carbons (Fsp3) is 0.899. The number of ether oxygens (including phenoxy) is 1. The molecular formula is C79H153N2O7P. The summed E-state index contributed by atoms with van der Waals surface area (Å²) in [6, 6.07) is -0.885. The molecule has 10 heteroatoms. The lowest BCUT2D eigenvalue weighted by Gasteiger charge is -2.30. The van der Waals surface area contributed by atoms with Gasteiger partial charge < -0.3 is 28.5 Å². The third-order valence-corrected chi connectivity index (χ3v) is 19.0. The van der Waals surface area contributed by atoms with Crippen molar-refractivity contribution in [1.82, 2.24) is 5.32 Å². The molecule has 0 fully saturated rings. The largest absolute Gasteiger partial charge is 0.756 e. The van der Waals surface area contributed by atoms with E-state index in [4.69, 9.17) is 13.8 Å². The number of amides is 1. The summed E-state index contributed by atoms with van der Waals surface area (Å²) < 4.78 is 30.6. The van der Waals surface area contributed by atoms with Gasteiger partial charge in [0.25, 0.3) is 7.82 Å². The van der Waals surface area contributed by atoms with E-state index in [-0.39, 0.29) is 31.5 Å². The number of likely N-dealkylation sites (N-methyl/N-ethyl adjacent to an activating group) is 1. The predicted molar refractivity (Wildman–Crippen MR) is 386 cm³/mol. The van der Waals surface area contributed by atoms with Crippen LogP contribution in [0.1, 0.15) is 406 Å². The highest BCUT2D eigenvalue weighted by Gasteiger charge is 2.27. The lowest BCUT2D eigenvalue weighted by Crippen LogP contribution is -2.47. The molecular weight excluding hydrogens is 1120 g/mol. The first kappa shape index (κ1) is 87.2. The van der Waals surface area contributed by atoms with Crippen LogP contribution in [-0.2, 0) is 27.9 Å². The number of unbranched alkanes of at least 4 members (excludes halogenated alkanes) is 53. The van der Waals surface area contributed by atoms with Crippen LogP contribution in [0.5, 0.6) is 0 Å². The van der Waals surface area contributed by atoms with E-state index in [1.165, 1.54) is 308 Å². The Labute approximate surface area is 555 Å². The fourth-order valence-corrected chi connectivity index (χ4v) is 12.8. The second kappa shape index (κ2) is 69.1. The van der Waals surface area contributed by atoms with Gasteiger partial charge in [-0.25, -0.2) is 0 Å². The molecule has 0 saturated carbocycles. The number of carbonyl (C=O) groups is 2. The molecule has 0 rings (SSSR count). The number of hydrogen-bond donors (Lipinski definition) is 1. The van der Waals surface area contributed by atoms with E-state index >= 15 is 0 Å². The van der Waals surface area contributed by atoms with Crippen molar-refractivity contribution in [2.75, 3.05) is 40.9 Å². The Hall–Kier alpha value is -1.77. The minimum absolute atomic E-state index is 0.0185. The van der Waals surface area contributed by atoms with E-state index in [0.717, 1.165) is 64.2 Å². The molecule has 1 amide bonds. The quantitative estimate of drug-likeness (QED) is 0.0212. The number of nitrogens with one attached hydrogen (secondary N) is 1. The molecule has 0 aromatic heterocycles. The number of esters is 1. The van der Waals surface area contributed by atoms with Crippen LogP contribution in [0.15, 0.2) is 36.5 Å². The van der Waals surface area contributed by atoms with E-state index in [0.29, 0.717) is 17.4 Å². The Morgan fingerprint density at radius 3 is 1.03 bits per heavy atom. The summed E-state index contributed by atoms with van der Waals surface area (Å²) >= 11 is 0. The summed E-state index contributed by atoms with van der Waals surface area (Å²) in [6.07, 6.45) is 87.1. The number of phosphoric ester groups is 1. The summed E-state index contributed by atoms with van der Waals surface area (Å²) in [6.45, 7) is 6.90. The smallest absolute Gasteiger partial charge is 0.306 e. The van der Waals surface area contributed by atoms with E-state index in [1.54, 1.807) is 0 Å². The Morgan fingerprint density at radius 1 is 0.393 bits per heavy atom. The van der Waals surface area contributed by atoms with Gasteiger partial charge in [0.2, 0.25) is 5.91 Å². The maximum absolute atomic E-state index is 13.6. The van der Waals surface area contributed by atoms with Crippen LogP contribution >= 0.6 is 7.82 Å². The summed E-state index contributed by atoms with van der Waals surface area (Å²) in [5.74, 6) is -0.515. The molecule has 89 heavy (non-hydrogen) atoms. The lowest BCUT2D eigenvalue weighted by atomic mass is 10.0. The fourth-order valence-electron chi connectivity index (χ4n) is 12.0. The molecule has 0 saturated heterocycles. The average Bonchev–Trinajstić information content (AvgIpc) is 3.54. The number of rotatable bonds is 73. The van der Waals surface area contributed by atoms with Crippen LogP contribution in [0, 0.1) is 0 Å². The van der Waals surface area contributed by atoms with Gasteiger partial charge in [0.1, 0.15) is 19.3 Å². The molecule has 0 heterocycles. The van der Waals surface area contributed by atoms with E-state index in [2.05, 4.69) is 50.4 Å². The van der Waals surface area contributed by atoms with Gasteiger partial charge in [-0.15, -0.1) is 0 Å². The maximum atomic E-state index is 13.6.